The molecule has 6 atom stereocenters. The van der Waals surface area contributed by atoms with Crippen molar-refractivity contribution in [3.05, 3.63) is 35.5 Å². The molecule has 0 saturated heterocycles. The number of carbonyl (C=O) groups is 3. The minimum Gasteiger partial charge on any atom is -0.458 e. The van der Waals surface area contributed by atoms with E-state index in [-0.39, 0.29) is 30.5 Å². The normalized spacial score (nSPS) is 42.9. The Kier molecular flexibility index (Phi) is 4.50. The van der Waals surface area contributed by atoms with Crippen molar-refractivity contribution in [1.82, 2.24) is 0 Å². The van der Waals surface area contributed by atoms with Gasteiger partial charge in [-0.3, -0.25) is 14.4 Å². The van der Waals surface area contributed by atoms with Crippen molar-refractivity contribution >= 4 is 17.5 Å². The molecule has 1 N–H and O–H groups in total. The molecule has 0 aromatic heterocycles. The van der Waals surface area contributed by atoms with E-state index < -0.39 is 41.0 Å². The number of allylic oxidation sites excluding steroid dienone is 6. The van der Waals surface area contributed by atoms with Crippen LogP contribution in [0.5, 0.6) is 0 Å². The number of aliphatic hydroxyl groups is 1. The zero-order chi connectivity index (χ0) is 21.2. The van der Waals surface area contributed by atoms with Crippen LogP contribution in [0.25, 0.3) is 0 Å². The maximum atomic E-state index is 15.2. The summed E-state index contributed by atoms with van der Waals surface area (Å²) in [4.78, 5) is 35.7. The van der Waals surface area contributed by atoms with Crippen LogP contribution in [-0.4, -0.2) is 41.0 Å². The summed E-state index contributed by atoms with van der Waals surface area (Å²) >= 11 is 0. The number of hydrogen-bond donors (Lipinski definition) is 1. The van der Waals surface area contributed by atoms with Crippen LogP contribution in [0.4, 0.5) is 4.39 Å². The summed E-state index contributed by atoms with van der Waals surface area (Å²) in [7, 11) is 0. The van der Waals surface area contributed by atoms with Crippen molar-refractivity contribution in [3.63, 3.8) is 0 Å². The summed E-state index contributed by atoms with van der Waals surface area (Å²) in [5.41, 5.74) is -1.39. The van der Waals surface area contributed by atoms with Crippen LogP contribution in [0.15, 0.2) is 35.5 Å². The van der Waals surface area contributed by atoms with Crippen molar-refractivity contribution in [1.29, 1.82) is 0 Å². The predicted octanol–water partition coefficient (Wildman–Crippen LogP) is 3.03. The minimum absolute atomic E-state index is 0.0589. The van der Waals surface area contributed by atoms with E-state index >= 15 is 4.39 Å². The fourth-order valence-electron chi connectivity index (χ4n) is 6.29. The van der Waals surface area contributed by atoms with Gasteiger partial charge in [-0.05, 0) is 62.2 Å². The lowest BCUT2D eigenvalue weighted by molar-refractivity contribution is -0.162. The Morgan fingerprint density at radius 1 is 1.31 bits per heavy atom. The van der Waals surface area contributed by atoms with Gasteiger partial charge in [-0.2, -0.15) is 0 Å². The third-order valence-electron chi connectivity index (χ3n) is 7.96. The highest BCUT2D eigenvalue weighted by Gasteiger charge is 2.65. The van der Waals surface area contributed by atoms with E-state index in [1.165, 1.54) is 19.1 Å². The van der Waals surface area contributed by atoms with Gasteiger partial charge in [0.05, 0.1) is 0 Å². The summed E-state index contributed by atoms with van der Waals surface area (Å²) in [6, 6.07) is 0. The smallest absolute Gasteiger partial charge is 0.303 e. The monoisotopic (exact) mass is 402 g/mol. The molecule has 0 aliphatic heterocycles. The number of rotatable bonds is 3. The molecule has 2 fully saturated rings. The molecule has 0 amide bonds. The molecule has 4 rings (SSSR count). The Morgan fingerprint density at radius 3 is 2.72 bits per heavy atom. The fourth-order valence-corrected chi connectivity index (χ4v) is 6.29. The molecule has 0 aromatic rings. The first-order valence-electron chi connectivity index (χ1n) is 10.2. The number of Topliss-reactive ketones (excluding diaryl/α,β-unsaturated/α-hetero) is 1. The second-order valence-corrected chi connectivity index (χ2v) is 9.34. The third-order valence-corrected chi connectivity index (χ3v) is 7.96. The molecule has 4 aliphatic rings. The molecule has 0 heterocycles. The van der Waals surface area contributed by atoms with Gasteiger partial charge in [0.15, 0.2) is 12.4 Å². The maximum absolute atomic E-state index is 15.2. The fraction of sp³-hybridized carbons (Fsp3) is 0.609. The molecule has 29 heavy (non-hydrogen) atoms. The van der Waals surface area contributed by atoms with Crippen molar-refractivity contribution in [2.24, 2.45) is 22.7 Å². The predicted molar refractivity (Wildman–Crippen MR) is 103 cm³/mol. The van der Waals surface area contributed by atoms with Gasteiger partial charge in [0.2, 0.25) is 5.78 Å². The summed E-state index contributed by atoms with van der Waals surface area (Å²) in [5.74, 6) is -1.41. The molecule has 2 saturated carbocycles. The van der Waals surface area contributed by atoms with Gasteiger partial charge in [0.25, 0.3) is 0 Å². The lowest BCUT2D eigenvalue weighted by atomic mass is 9.51. The number of esters is 1. The van der Waals surface area contributed by atoms with Gasteiger partial charge in [-0.15, -0.1) is 0 Å². The van der Waals surface area contributed by atoms with Crippen molar-refractivity contribution in [3.8, 4) is 0 Å². The molecule has 156 valence electrons. The van der Waals surface area contributed by atoms with Gasteiger partial charge in [-0.1, -0.05) is 24.6 Å². The molecular weight excluding hydrogens is 375 g/mol. The molecule has 6 heteroatoms. The van der Waals surface area contributed by atoms with Crippen LogP contribution >= 0.6 is 0 Å². The van der Waals surface area contributed by atoms with E-state index in [1.807, 2.05) is 19.9 Å². The molecule has 0 spiro atoms. The summed E-state index contributed by atoms with van der Waals surface area (Å²) in [5, 5.41) is 11.4. The SMILES string of the molecule is CC(=O)OCC(=O)[C@@]1(O)CC[C@H]2[C@@H]3C[C@H](F)C4=CC(=O)C=C[C@]4(C)C3=CC[C@@]21C. The largest absolute Gasteiger partial charge is 0.458 e. The van der Waals surface area contributed by atoms with E-state index in [1.54, 1.807) is 6.08 Å². The lowest BCUT2D eigenvalue weighted by Gasteiger charge is -2.54. The van der Waals surface area contributed by atoms with Gasteiger partial charge in [-0.25, -0.2) is 4.39 Å². The number of fused-ring (bicyclic) bond motifs is 5. The van der Waals surface area contributed by atoms with Crippen LogP contribution in [0.3, 0.4) is 0 Å². The Balaban J connectivity index is 1.70. The number of hydrogen-bond acceptors (Lipinski definition) is 5. The Morgan fingerprint density at radius 2 is 2.03 bits per heavy atom. The molecule has 0 unspecified atom stereocenters. The van der Waals surface area contributed by atoms with E-state index in [9.17, 15) is 19.5 Å². The molecule has 5 nitrogen and oxygen atoms in total. The van der Waals surface area contributed by atoms with Crippen LogP contribution in [0.2, 0.25) is 0 Å². The summed E-state index contributed by atoms with van der Waals surface area (Å²) < 4.78 is 20.0. The van der Waals surface area contributed by atoms with Crippen LogP contribution in [0, 0.1) is 22.7 Å². The first-order chi connectivity index (χ1) is 13.5. The van der Waals surface area contributed by atoms with Gasteiger partial charge in [0.1, 0.15) is 11.8 Å². The second-order valence-electron chi connectivity index (χ2n) is 9.34. The van der Waals surface area contributed by atoms with E-state index in [0.29, 0.717) is 18.4 Å². The lowest BCUT2D eigenvalue weighted by Crippen LogP contribution is -2.56. The zero-order valence-corrected chi connectivity index (χ0v) is 17.0. The molecule has 4 aliphatic carbocycles. The summed E-state index contributed by atoms with van der Waals surface area (Å²) in [6.45, 7) is 4.62. The van der Waals surface area contributed by atoms with Crippen LogP contribution < -0.4 is 0 Å². The number of ketones is 2. The number of ether oxygens (including phenoxy) is 1. The van der Waals surface area contributed by atoms with Crippen LogP contribution in [0.1, 0.15) is 46.5 Å². The highest BCUT2D eigenvalue weighted by molar-refractivity contribution is 6.01. The standard InChI is InChI=1S/C23H27FO5/c1-13(25)29-12-20(27)23(28)9-6-17-15-11-19(24)18-10-14(26)4-7-21(18,2)16(15)5-8-22(17,23)3/h4-5,7,10,15,17,19,28H,6,8-9,11-12H2,1-3H3/t15-,17+,19+,21-,22+,23+/m1/s1. The van der Waals surface area contributed by atoms with Crippen LogP contribution in [-0.2, 0) is 19.1 Å². The van der Waals surface area contributed by atoms with Gasteiger partial charge in [0, 0.05) is 17.8 Å². The molecular formula is C23H27FO5. The van der Waals surface area contributed by atoms with E-state index in [2.05, 4.69) is 0 Å². The van der Waals surface area contributed by atoms with Crippen molar-refractivity contribution in [2.45, 2.75) is 58.2 Å². The summed E-state index contributed by atoms with van der Waals surface area (Å²) in [6.07, 6.45) is 7.13. The van der Waals surface area contributed by atoms with Crippen molar-refractivity contribution < 1.29 is 28.6 Å². The third kappa shape index (κ3) is 2.71. The Labute approximate surface area is 169 Å². The highest BCUT2D eigenvalue weighted by atomic mass is 19.1. The Hall–Kier alpha value is -2.08. The number of halogens is 1. The molecule has 0 radical (unpaired) electrons. The Bertz CT molecular complexity index is 886. The van der Waals surface area contributed by atoms with E-state index in [4.69, 9.17) is 4.74 Å². The average Bonchev–Trinajstić information content (AvgIpc) is 2.94. The highest BCUT2D eigenvalue weighted by Crippen LogP contribution is 2.65. The topological polar surface area (TPSA) is 80.7 Å². The first kappa shape index (κ1) is 20.2. The molecule has 0 bridgehead atoms. The van der Waals surface area contributed by atoms with Gasteiger partial charge < -0.3 is 9.84 Å². The van der Waals surface area contributed by atoms with Gasteiger partial charge >= 0.3 is 5.97 Å². The number of carbonyl (C=O) groups excluding carboxylic acids is 3. The first-order valence-corrected chi connectivity index (χ1v) is 10.2. The number of alkyl halides is 1. The molecule has 0 aromatic carbocycles. The zero-order valence-electron chi connectivity index (χ0n) is 17.0. The maximum Gasteiger partial charge on any atom is 0.303 e. The second kappa shape index (κ2) is 6.46. The minimum atomic E-state index is -1.60. The van der Waals surface area contributed by atoms with E-state index in [0.717, 1.165) is 5.57 Å². The van der Waals surface area contributed by atoms with Crippen molar-refractivity contribution in [2.75, 3.05) is 6.61 Å². The average molecular weight is 402 g/mol. The quantitative estimate of drug-likeness (QED) is 0.580.